The van der Waals surface area contributed by atoms with Crippen molar-refractivity contribution in [2.75, 3.05) is 18.5 Å². The summed E-state index contributed by atoms with van der Waals surface area (Å²) in [4.78, 5) is 24.4. The van der Waals surface area contributed by atoms with Crippen molar-refractivity contribution in [1.29, 1.82) is 0 Å². The van der Waals surface area contributed by atoms with Gasteiger partial charge in [-0.2, -0.15) is 4.31 Å². The molecule has 0 radical (unpaired) electrons. The monoisotopic (exact) mass is 485 g/mol. The van der Waals surface area contributed by atoms with Crippen molar-refractivity contribution in [2.24, 2.45) is 0 Å². The van der Waals surface area contributed by atoms with Crippen LogP contribution in [0.4, 0.5) is 5.69 Å². The van der Waals surface area contributed by atoms with Gasteiger partial charge in [-0.1, -0.05) is 29.0 Å². The number of methoxy groups -OCH3 is 2. The highest BCUT2D eigenvalue weighted by Crippen LogP contribution is 2.34. The van der Waals surface area contributed by atoms with Crippen LogP contribution >= 0.6 is 11.3 Å². The van der Waals surface area contributed by atoms with Gasteiger partial charge in [0.15, 0.2) is 11.5 Å². The number of nitrogens with zero attached hydrogens (tertiary/aromatic N) is 1. The van der Waals surface area contributed by atoms with Gasteiger partial charge in [-0.05, 0) is 49.4 Å². The van der Waals surface area contributed by atoms with Gasteiger partial charge in [0.1, 0.15) is 5.58 Å². The first-order valence-electron chi connectivity index (χ1n) is 9.66. The number of hydrogen-bond donors (Lipinski definition) is 0. The number of sulfonamides is 1. The Labute approximate surface area is 193 Å². The SMILES string of the molecule is COc1ccc(S(=O)(=O)N(C(=O)c2ccc(C)cc2)c2ccc3oc(=O)sc3c2)cc1OC. The van der Waals surface area contributed by atoms with E-state index in [0.29, 0.717) is 20.3 Å². The Kier molecular flexibility index (Phi) is 5.96. The average Bonchev–Trinajstić information content (AvgIpc) is 3.18. The number of fused-ring (bicyclic) bond motifs is 1. The largest absolute Gasteiger partial charge is 0.493 e. The molecule has 0 N–H and O–H groups in total. The first-order chi connectivity index (χ1) is 15.7. The van der Waals surface area contributed by atoms with E-state index in [0.717, 1.165) is 16.9 Å². The van der Waals surface area contributed by atoms with E-state index in [1.165, 1.54) is 50.6 Å². The quantitative estimate of drug-likeness (QED) is 0.403. The maximum absolute atomic E-state index is 13.8. The minimum atomic E-state index is -4.39. The molecular formula is C23H19NO7S2. The zero-order valence-electron chi connectivity index (χ0n) is 17.9. The smallest absolute Gasteiger partial charge is 0.396 e. The van der Waals surface area contributed by atoms with E-state index in [1.807, 2.05) is 6.92 Å². The van der Waals surface area contributed by atoms with Gasteiger partial charge in [-0.3, -0.25) is 4.79 Å². The number of hydrogen-bond acceptors (Lipinski definition) is 8. The van der Waals surface area contributed by atoms with E-state index in [4.69, 9.17) is 13.9 Å². The number of benzene rings is 3. The number of aryl methyl sites for hydroxylation is 1. The number of rotatable bonds is 6. The molecule has 170 valence electrons. The number of carbonyl (C=O) groups excluding carboxylic acids is 1. The van der Waals surface area contributed by atoms with Crippen LogP contribution in [-0.2, 0) is 10.0 Å². The Bertz CT molecular complexity index is 1500. The summed E-state index contributed by atoms with van der Waals surface area (Å²) >= 11 is 0.819. The highest BCUT2D eigenvalue weighted by Gasteiger charge is 2.33. The molecule has 0 unspecified atom stereocenters. The third-order valence-electron chi connectivity index (χ3n) is 4.92. The minimum absolute atomic E-state index is 0.0694. The van der Waals surface area contributed by atoms with E-state index in [2.05, 4.69) is 0 Å². The predicted octanol–water partition coefficient (Wildman–Crippen LogP) is 4.22. The van der Waals surface area contributed by atoms with E-state index >= 15 is 0 Å². The highest BCUT2D eigenvalue weighted by molar-refractivity contribution is 7.93. The van der Waals surface area contributed by atoms with Crippen LogP contribution in [0.25, 0.3) is 10.3 Å². The molecule has 4 aromatic rings. The summed E-state index contributed by atoms with van der Waals surface area (Å²) in [5, 5.41) is 0. The molecule has 3 aromatic carbocycles. The van der Waals surface area contributed by atoms with Gasteiger partial charge in [0.05, 0.1) is 29.5 Å². The Hall–Kier alpha value is -3.63. The van der Waals surface area contributed by atoms with Gasteiger partial charge in [0.25, 0.3) is 15.9 Å². The van der Waals surface area contributed by atoms with Crippen LogP contribution in [0.3, 0.4) is 0 Å². The topological polar surface area (TPSA) is 103 Å². The molecule has 0 atom stereocenters. The molecule has 4 rings (SSSR count). The Balaban J connectivity index is 1.91. The van der Waals surface area contributed by atoms with E-state index in [-0.39, 0.29) is 21.9 Å². The van der Waals surface area contributed by atoms with Gasteiger partial charge in [0.2, 0.25) is 0 Å². The van der Waals surface area contributed by atoms with Gasteiger partial charge < -0.3 is 13.9 Å². The molecule has 10 heteroatoms. The maximum atomic E-state index is 13.8. The Morgan fingerprint density at radius 2 is 1.64 bits per heavy atom. The van der Waals surface area contributed by atoms with Crippen LogP contribution in [0.2, 0.25) is 0 Å². The summed E-state index contributed by atoms with van der Waals surface area (Å²) in [5.74, 6) is -0.206. The molecule has 0 spiro atoms. The fraction of sp³-hybridized carbons (Fsp3) is 0.130. The molecule has 8 nitrogen and oxygen atoms in total. The fourth-order valence-electron chi connectivity index (χ4n) is 3.25. The lowest BCUT2D eigenvalue weighted by Gasteiger charge is -2.23. The third-order valence-corrected chi connectivity index (χ3v) is 7.42. The van der Waals surface area contributed by atoms with E-state index in [9.17, 15) is 18.0 Å². The van der Waals surface area contributed by atoms with Crippen LogP contribution in [0, 0.1) is 6.92 Å². The lowest BCUT2D eigenvalue weighted by Crippen LogP contribution is -2.37. The van der Waals surface area contributed by atoms with Crippen LogP contribution < -0.4 is 18.7 Å². The lowest BCUT2D eigenvalue weighted by molar-refractivity contribution is 0.101. The molecule has 0 fully saturated rings. The third kappa shape index (κ3) is 4.22. The van der Waals surface area contributed by atoms with Crippen LogP contribution in [0.1, 0.15) is 15.9 Å². The average molecular weight is 486 g/mol. The molecule has 1 aromatic heterocycles. The molecule has 1 heterocycles. The van der Waals surface area contributed by atoms with Crippen molar-refractivity contribution >= 4 is 43.2 Å². The lowest BCUT2D eigenvalue weighted by atomic mass is 10.1. The molecule has 0 aliphatic carbocycles. The summed E-state index contributed by atoms with van der Waals surface area (Å²) in [6.07, 6.45) is 0. The maximum Gasteiger partial charge on any atom is 0.396 e. The Morgan fingerprint density at radius 3 is 2.30 bits per heavy atom. The van der Waals surface area contributed by atoms with Crippen molar-refractivity contribution < 1.29 is 27.1 Å². The van der Waals surface area contributed by atoms with Crippen molar-refractivity contribution in [3.8, 4) is 11.5 Å². The summed E-state index contributed by atoms with van der Waals surface area (Å²) < 4.78 is 44.1. The van der Waals surface area contributed by atoms with Crippen LogP contribution in [0.15, 0.2) is 74.8 Å². The van der Waals surface area contributed by atoms with Crippen molar-refractivity contribution in [2.45, 2.75) is 11.8 Å². The summed E-state index contributed by atoms with van der Waals surface area (Å²) in [5.41, 5.74) is 1.48. The van der Waals surface area contributed by atoms with E-state index < -0.39 is 20.9 Å². The van der Waals surface area contributed by atoms with Crippen molar-refractivity contribution in [3.63, 3.8) is 0 Å². The molecule has 0 bridgehead atoms. The Morgan fingerprint density at radius 1 is 0.939 bits per heavy atom. The van der Waals surface area contributed by atoms with Gasteiger partial charge in [0, 0.05) is 11.6 Å². The van der Waals surface area contributed by atoms with Crippen molar-refractivity contribution in [3.05, 3.63) is 81.5 Å². The molecule has 0 saturated carbocycles. The minimum Gasteiger partial charge on any atom is -0.493 e. The second-order valence-electron chi connectivity index (χ2n) is 7.04. The summed E-state index contributed by atoms with van der Waals surface area (Å²) in [7, 11) is -1.56. The number of anilines is 1. The van der Waals surface area contributed by atoms with E-state index in [1.54, 1.807) is 24.3 Å². The first kappa shape index (κ1) is 22.6. The zero-order valence-corrected chi connectivity index (χ0v) is 19.5. The highest BCUT2D eigenvalue weighted by atomic mass is 32.2. The second-order valence-corrected chi connectivity index (χ2v) is 9.81. The molecule has 1 amide bonds. The summed E-state index contributed by atoms with van der Waals surface area (Å²) in [6, 6.07) is 15.0. The normalized spacial score (nSPS) is 11.4. The zero-order chi connectivity index (χ0) is 23.8. The number of amides is 1. The molecule has 0 aliphatic heterocycles. The van der Waals surface area contributed by atoms with Gasteiger partial charge in [-0.25, -0.2) is 13.2 Å². The predicted molar refractivity (Wildman–Crippen MR) is 125 cm³/mol. The fourth-order valence-corrected chi connectivity index (χ4v) is 5.37. The van der Waals surface area contributed by atoms with Crippen LogP contribution in [0.5, 0.6) is 11.5 Å². The molecule has 0 aliphatic rings. The molecule has 0 saturated heterocycles. The second kappa shape index (κ2) is 8.72. The summed E-state index contributed by atoms with van der Waals surface area (Å²) in [6.45, 7) is 1.86. The number of carbonyl (C=O) groups is 1. The molecular weight excluding hydrogens is 466 g/mol. The first-order valence-corrected chi connectivity index (χ1v) is 11.9. The van der Waals surface area contributed by atoms with Gasteiger partial charge in [-0.15, -0.1) is 0 Å². The van der Waals surface area contributed by atoms with Crippen molar-refractivity contribution in [1.82, 2.24) is 0 Å². The number of ether oxygens (including phenoxy) is 2. The molecule has 33 heavy (non-hydrogen) atoms. The van der Waals surface area contributed by atoms with Crippen LogP contribution in [-0.4, -0.2) is 28.5 Å². The van der Waals surface area contributed by atoms with Gasteiger partial charge >= 0.3 is 4.94 Å². The standard InChI is InChI=1S/C23H19NO7S2/c1-14-4-6-15(7-5-14)22(25)24(16-8-10-19-21(12-16)32-23(26)31-19)33(27,28)17-9-11-18(29-2)20(13-17)30-3/h4-13H,1-3H3.